The van der Waals surface area contributed by atoms with Crippen LogP contribution < -0.4 is 0 Å². The van der Waals surface area contributed by atoms with E-state index in [2.05, 4.69) is 0 Å². The van der Waals surface area contributed by atoms with Crippen LogP contribution in [0.15, 0.2) is 11.4 Å². The van der Waals surface area contributed by atoms with E-state index in [1.807, 2.05) is 5.38 Å². The Kier molecular flexibility index (Phi) is 3.88. The van der Waals surface area contributed by atoms with Crippen LogP contribution in [-0.4, -0.2) is 12.1 Å². The molecule has 0 bridgehead atoms. The van der Waals surface area contributed by atoms with E-state index >= 15 is 0 Å². The van der Waals surface area contributed by atoms with Crippen molar-refractivity contribution in [2.24, 2.45) is 5.92 Å². The first kappa shape index (κ1) is 11.5. The minimum absolute atomic E-state index is 0.191. The molecular formula is C13H16O2S. The van der Waals surface area contributed by atoms with Gasteiger partial charge in [-0.2, -0.15) is 0 Å². The smallest absolute Gasteiger partial charge is 0.166 e. The monoisotopic (exact) mass is 236 g/mol. The number of ketones is 1. The molecule has 1 aromatic rings. The van der Waals surface area contributed by atoms with Gasteiger partial charge in [-0.1, -0.05) is 25.7 Å². The summed E-state index contributed by atoms with van der Waals surface area (Å²) < 4.78 is 0. The van der Waals surface area contributed by atoms with E-state index in [0.717, 1.165) is 24.7 Å². The third-order valence-corrected chi connectivity index (χ3v) is 4.10. The van der Waals surface area contributed by atoms with Gasteiger partial charge in [-0.05, 0) is 18.9 Å². The van der Waals surface area contributed by atoms with Crippen LogP contribution in [0.4, 0.5) is 0 Å². The predicted molar refractivity (Wildman–Crippen MR) is 65.2 cm³/mol. The Balaban J connectivity index is 2.07. The molecule has 3 heteroatoms. The third kappa shape index (κ3) is 2.59. The molecule has 0 aromatic carbocycles. The van der Waals surface area contributed by atoms with Gasteiger partial charge < -0.3 is 0 Å². The summed E-state index contributed by atoms with van der Waals surface area (Å²) in [6, 6.07) is 1.73. The molecule has 1 saturated carbocycles. The lowest BCUT2D eigenvalue weighted by Crippen LogP contribution is -2.13. The molecule has 0 saturated heterocycles. The molecule has 1 aliphatic rings. The van der Waals surface area contributed by atoms with Gasteiger partial charge in [-0.15, -0.1) is 11.3 Å². The predicted octanol–water partition coefficient (Wildman–Crippen LogP) is 3.71. The van der Waals surface area contributed by atoms with Crippen LogP contribution in [0.5, 0.6) is 0 Å². The van der Waals surface area contributed by atoms with Gasteiger partial charge in [0.2, 0.25) is 0 Å². The van der Waals surface area contributed by atoms with Crippen molar-refractivity contribution < 1.29 is 9.59 Å². The van der Waals surface area contributed by atoms with Gasteiger partial charge in [0.05, 0.1) is 4.88 Å². The van der Waals surface area contributed by atoms with Crippen molar-refractivity contribution in [1.29, 1.82) is 0 Å². The molecule has 0 aliphatic heterocycles. The number of carbonyl (C=O) groups excluding carboxylic acids is 2. The molecule has 2 nitrogen and oxygen atoms in total. The quantitative estimate of drug-likeness (QED) is 0.455. The summed E-state index contributed by atoms with van der Waals surface area (Å²) in [7, 11) is 0. The van der Waals surface area contributed by atoms with Gasteiger partial charge in [0.15, 0.2) is 12.1 Å². The molecule has 1 fully saturated rings. The summed E-state index contributed by atoms with van der Waals surface area (Å²) in [6.45, 7) is 0. The van der Waals surface area contributed by atoms with Gasteiger partial charge >= 0.3 is 0 Å². The fourth-order valence-corrected chi connectivity index (χ4v) is 3.02. The number of thiophene rings is 1. The first-order valence-electron chi connectivity index (χ1n) is 5.89. The van der Waals surface area contributed by atoms with Gasteiger partial charge in [0, 0.05) is 16.9 Å². The Morgan fingerprint density at radius 1 is 1.25 bits per heavy atom. The zero-order valence-electron chi connectivity index (χ0n) is 9.28. The van der Waals surface area contributed by atoms with Crippen LogP contribution in [0.25, 0.3) is 0 Å². The van der Waals surface area contributed by atoms with Crippen molar-refractivity contribution in [2.75, 3.05) is 0 Å². The molecule has 16 heavy (non-hydrogen) atoms. The van der Waals surface area contributed by atoms with Crippen molar-refractivity contribution in [3.63, 3.8) is 0 Å². The van der Waals surface area contributed by atoms with E-state index in [4.69, 9.17) is 0 Å². The van der Waals surface area contributed by atoms with Crippen molar-refractivity contribution >= 4 is 23.4 Å². The Labute approximate surface area is 99.7 Å². The Morgan fingerprint density at radius 3 is 2.50 bits per heavy atom. The maximum absolute atomic E-state index is 12.2. The van der Waals surface area contributed by atoms with E-state index in [9.17, 15) is 9.59 Å². The van der Waals surface area contributed by atoms with Gasteiger partial charge in [-0.25, -0.2) is 0 Å². The van der Waals surface area contributed by atoms with Crippen molar-refractivity contribution in [2.45, 2.75) is 38.5 Å². The highest BCUT2D eigenvalue weighted by Crippen LogP contribution is 2.27. The molecule has 2 rings (SSSR count). The molecule has 1 aromatic heterocycles. The maximum Gasteiger partial charge on any atom is 0.166 e. The molecule has 1 aliphatic carbocycles. The Bertz CT molecular complexity index is 373. The molecule has 86 valence electrons. The van der Waals surface area contributed by atoms with Crippen molar-refractivity contribution in [3.8, 4) is 0 Å². The van der Waals surface area contributed by atoms with Crippen LogP contribution in [0.3, 0.4) is 0 Å². The average molecular weight is 236 g/mol. The summed E-state index contributed by atoms with van der Waals surface area (Å²) in [4.78, 5) is 23.4. The van der Waals surface area contributed by atoms with Crippen LogP contribution in [0.1, 0.15) is 58.6 Å². The second-order valence-electron chi connectivity index (χ2n) is 4.41. The van der Waals surface area contributed by atoms with Crippen LogP contribution in [0, 0.1) is 5.92 Å². The summed E-state index contributed by atoms with van der Waals surface area (Å²) in [5.41, 5.74) is 0.735. The van der Waals surface area contributed by atoms with Crippen LogP contribution >= 0.6 is 11.3 Å². The van der Waals surface area contributed by atoms with Crippen molar-refractivity contribution in [1.82, 2.24) is 0 Å². The van der Waals surface area contributed by atoms with E-state index in [0.29, 0.717) is 4.88 Å². The van der Waals surface area contributed by atoms with E-state index in [-0.39, 0.29) is 11.7 Å². The SMILES string of the molecule is O=Cc1cc(C(=O)C2CCCCCC2)cs1. The highest BCUT2D eigenvalue weighted by atomic mass is 32.1. The molecule has 0 radical (unpaired) electrons. The Morgan fingerprint density at radius 2 is 1.94 bits per heavy atom. The molecule has 1 heterocycles. The molecule has 0 unspecified atom stereocenters. The van der Waals surface area contributed by atoms with Gasteiger partial charge in [0.1, 0.15) is 0 Å². The first-order valence-corrected chi connectivity index (χ1v) is 6.77. The highest BCUT2D eigenvalue weighted by molar-refractivity contribution is 7.12. The number of carbonyl (C=O) groups is 2. The van der Waals surface area contributed by atoms with Gasteiger partial charge in [0.25, 0.3) is 0 Å². The first-order chi connectivity index (χ1) is 7.81. The summed E-state index contributed by atoms with van der Waals surface area (Å²) in [5, 5.41) is 1.82. The summed E-state index contributed by atoms with van der Waals surface area (Å²) in [6.07, 6.45) is 7.70. The number of hydrogen-bond acceptors (Lipinski definition) is 3. The molecule has 0 N–H and O–H groups in total. The zero-order valence-corrected chi connectivity index (χ0v) is 10.1. The lowest BCUT2D eigenvalue weighted by molar-refractivity contribution is 0.0908. The molecule has 0 atom stereocenters. The number of hydrogen-bond donors (Lipinski definition) is 0. The number of Topliss-reactive ketones (excluding diaryl/α,β-unsaturated/α-hetero) is 1. The third-order valence-electron chi connectivity index (χ3n) is 3.25. The number of aldehydes is 1. The average Bonchev–Trinajstić information content (AvgIpc) is 2.62. The normalized spacial score (nSPS) is 18.0. The zero-order chi connectivity index (χ0) is 11.4. The Hall–Kier alpha value is -0.960. The van der Waals surface area contributed by atoms with Gasteiger partial charge in [-0.3, -0.25) is 9.59 Å². The van der Waals surface area contributed by atoms with E-state index in [1.54, 1.807) is 6.07 Å². The molecular weight excluding hydrogens is 220 g/mol. The summed E-state index contributed by atoms with van der Waals surface area (Å²) in [5.74, 6) is 0.433. The molecule has 0 amide bonds. The summed E-state index contributed by atoms with van der Waals surface area (Å²) >= 11 is 1.36. The largest absolute Gasteiger partial charge is 0.297 e. The van der Waals surface area contributed by atoms with E-state index < -0.39 is 0 Å². The highest BCUT2D eigenvalue weighted by Gasteiger charge is 2.22. The lowest BCUT2D eigenvalue weighted by atomic mass is 9.92. The second kappa shape index (κ2) is 5.39. The minimum Gasteiger partial charge on any atom is -0.297 e. The second-order valence-corrected chi connectivity index (χ2v) is 5.35. The minimum atomic E-state index is 0.191. The van der Waals surface area contributed by atoms with E-state index in [1.165, 1.54) is 37.0 Å². The molecule has 0 spiro atoms. The fraction of sp³-hybridized carbons (Fsp3) is 0.538. The van der Waals surface area contributed by atoms with Crippen LogP contribution in [0.2, 0.25) is 0 Å². The topological polar surface area (TPSA) is 34.1 Å². The van der Waals surface area contributed by atoms with Crippen molar-refractivity contribution in [3.05, 3.63) is 21.9 Å². The fourth-order valence-electron chi connectivity index (χ4n) is 2.32. The standard InChI is InChI=1S/C13H16O2S/c14-8-12-7-11(9-16-12)13(15)10-5-3-1-2-4-6-10/h7-10H,1-6H2. The van der Waals surface area contributed by atoms with Crippen LogP contribution in [-0.2, 0) is 0 Å². The maximum atomic E-state index is 12.2. The lowest BCUT2D eigenvalue weighted by Gasteiger charge is -2.10. The number of rotatable bonds is 3.